The van der Waals surface area contributed by atoms with Crippen molar-refractivity contribution in [1.82, 2.24) is 10.3 Å². The molecule has 1 rings (SSSR count). The van der Waals surface area contributed by atoms with Crippen LogP contribution in [-0.4, -0.2) is 11.0 Å². The number of primary amides is 1. The molecule has 4 nitrogen and oxygen atoms in total. The summed E-state index contributed by atoms with van der Waals surface area (Å²) >= 11 is 5.56. The van der Waals surface area contributed by atoms with Gasteiger partial charge in [-0.15, -0.1) is 0 Å². The lowest BCUT2D eigenvalue weighted by Gasteiger charge is -2.09. The largest absolute Gasteiger partial charge is 0.417 e. The first-order valence-corrected chi connectivity index (χ1v) is 4.43. The average Bonchev–Trinajstić information content (AvgIpc) is 2.14. The number of urea groups is 1. The number of rotatable bonds is 2. The van der Waals surface area contributed by atoms with Crippen LogP contribution in [-0.2, 0) is 12.7 Å². The highest BCUT2D eigenvalue weighted by atomic mass is 35.5. The SMILES string of the molecule is NC(=O)NCc1ncc(C(F)(F)F)cc1Cl. The molecule has 2 amide bonds. The smallest absolute Gasteiger partial charge is 0.352 e. The second-order valence-electron chi connectivity index (χ2n) is 2.87. The monoisotopic (exact) mass is 253 g/mol. The standard InChI is InChI=1S/C8H7ClF3N3O/c9-5-1-4(8(10,11)12)2-14-6(5)3-15-7(13)16/h1-2H,3H2,(H3,13,15,16). The van der Waals surface area contributed by atoms with Gasteiger partial charge in [-0.25, -0.2) is 4.79 Å². The van der Waals surface area contributed by atoms with Crippen molar-refractivity contribution in [2.75, 3.05) is 0 Å². The van der Waals surface area contributed by atoms with Gasteiger partial charge < -0.3 is 11.1 Å². The summed E-state index contributed by atoms with van der Waals surface area (Å²) in [5.74, 6) is 0. The predicted octanol–water partition coefficient (Wildman–Crippen LogP) is 1.92. The Morgan fingerprint density at radius 1 is 1.56 bits per heavy atom. The van der Waals surface area contributed by atoms with Gasteiger partial charge in [0.15, 0.2) is 0 Å². The van der Waals surface area contributed by atoms with Crippen LogP contribution in [0.15, 0.2) is 12.3 Å². The van der Waals surface area contributed by atoms with Crippen molar-refractivity contribution in [3.8, 4) is 0 Å². The summed E-state index contributed by atoms with van der Waals surface area (Å²) in [6, 6.07) is -0.0650. The van der Waals surface area contributed by atoms with Crippen LogP contribution in [0.25, 0.3) is 0 Å². The fourth-order valence-electron chi connectivity index (χ4n) is 0.922. The number of amides is 2. The van der Waals surface area contributed by atoms with Crippen LogP contribution < -0.4 is 11.1 Å². The molecule has 0 spiro atoms. The zero-order valence-corrected chi connectivity index (χ0v) is 8.56. The Kier molecular flexibility index (Phi) is 3.58. The highest BCUT2D eigenvalue weighted by Gasteiger charge is 2.31. The topological polar surface area (TPSA) is 68.0 Å². The lowest BCUT2D eigenvalue weighted by Crippen LogP contribution is -2.29. The third-order valence-electron chi connectivity index (χ3n) is 1.67. The Morgan fingerprint density at radius 2 is 2.19 bits per heavy atom. The zero-order valence-electron chi connectivity index (χ0n) is 7.81. The molecule has 1 heterocycles. The zero-order chi connectivity index (χ0) is 12.3. The molecule has 0 saturated heterocycles. The van der Waals surface area contributed by atoms with Crippen molar-refractivity contribution in [3.05, 3.63) is 28.5 Å². The van der Waals surface area contributed by atoms with Crippen molar-refractivity contribution in [2.45, 2.75) is 12.7 Å². The molecule has 8 heteroatoms. The molecule has 0 aliphatic rings. The van der Waals surface area contributed by atoms with Crippen LogP contribution >= 0.6 is 11.6 Å². The molecule has 0 aliphatic heterocycles. The lowest BCUT2D eigenvalue weighted by molar-refractivity contribution is -0.137. The average molecular weight is 254 g/mol. The molecule has 3 N–H and O–H groups in total. The number of nitrogens with one attached hydrogen (secondary N) is 1. The Balaban J connectivity index is 2.88. The summed E-state index contributed by atoms with van der Waals surface area (Å²) in [6.07, 6.45) is -3.85. The molecule has 0 bridgehead atoms. The number of alkyl halides is 3. The maximum absolute atomic E-state index is 12.2. The number of carbonyl (C=O) groups is 1. The summed E-state index contributed by atoms with van der Waals surface area (Å²) in [5, 5.41) is 1.99. The van der Waals surface area contributed by atoms with E-state index in [1.54, 1.807) is 0 Å². The van der Waals surface area contributed by atoms with Crippen LogP contribution in [0, 0.1) is 0 Å². The van der Waals surface area contributed by atoms with Gasteiger partial charge in [-0.2, -0.15) is 13.2 Å². The summed E-state index contributed by atoms with van der Waals surface area (Å²) in [7, 11) is 0. The molecule has 0 saturated carbocycles. The van der Waals surface area contributed by atoms with E-state index in [2.05, 4.69) is 10.3 Å². The van der Waals surface area contributed by atoms with E-state index in [1.807, 2.05) is 0 Å². The molecule has 16 heavy (non-hydrogen) atoms. The van der Waals surface area contributed by atoms with E-state index < -0.39 is 17.8 Å². The Labute approximate surface area is 93.6 Å². The molecule has 0 aromatic carbocycles. The third kappa shape index (κ3) is 3.27. The van der Waals surface area contributed by atoms with Crippen molar-refractivity contribution in [2.24, 2.45) is 5.73 Å². The highest BCUT2D eigenvalue weighted by molar-refractivity contribution is 6.31. The fourth-order valence-corrected chi connectivity index (χ4v) is 1.16. The minimum atomic E-state index is -4.49. The van der Waals surface area contributed by atoms with Crippen LogP contribution in [0.3, 0.4) is 0 Å². The van der Waals surface area contributed by atoms with Gasteiger partial charge in [-0.05, 0) is 6.07 Å². The molecule has 0 aliphatic carbocycles. The summed E-state index contributed by atoms with van der Waals surface area (Å²) in [4.78, 5) is 13.9. The predicted molar refractivity (Wildman–Crippen MR) is 50.7 cm³/mol. The van der Waals surface area contributed by atoms with Gasteiger partial charge in [0.1, 0.15) is 0 Å². The number of hydrogen-bond acceptors (Lipinski definition) is 2. The van der Waals surface area contributed by atoms with Crippen LogP contribution in [0.2, 0.25) is 5.02 Å². The van der Waals surface area contributed by atoms with E-state index in [-0.39, 0.29) is 17.3 Å². The van der Waals surface area contributed by atoms with Gasteiger partial charge in [0, 0.05) is 6.20 Å². The van der Waals surface area contributed by atoms with Gasteiger partial charge in [-0.1, -0.05) is 11.6 Å². The van der Waals surface area contributed by atoms with E-state index in [0.717, 1.165) is 6.07 Å². The molecule has 1 aromatic rings. The number of carbonyl (C=O) groups excluding carboxylic acids is 1. The van der Waals surface area contributed by atoms with Gasteiger partial charge >= 0.3 is 12.2 Å². The van der Waals surface area contributed by atoms with Crippen LogP contribution in [0.5, 0.6) is 0 Å². The Bertz CT molecular complexity index is 408. The highest BCUT2D eigenvalue weighted by Crippen LogP contribution is 2.30. The summed E-state index contributed by atoms with van der Waals surface area (Å²) in [6.45, 7) is -0.119. The summed E-state index contributed by atoms with van der Waals surface area (Å²) in [5.41, 5.74) is 3.96. The van der Waals surface area contributed by atoms with Crippen LogP contribution in [0.1, 0.15) is 11.3 Å². The summed E-state index contributed by atoms with van der Waals surface area (Å²) < 4.78 is 36.7. The molecule has 0 fully saturated rings. The number of pyridine rings is 1. The minimum absolute atomic E-state index is 0.119. The number of aromatic nitrogens is 1. The molecule has 1 aromatic heterocycles. The second kappa shape index (κ2) is 4.56. The maximum Gasteiger partial charge on any atom is 0.417 e. The van der Waals surface area contributed by atoms with E-state index in [4.69, 9.17) is 17.3 Å². The van der Waals surface area contributed by atoms with Crippen molar-refractivity contribution < 1.29 is 18.0 Å². The number of halogens is 4. The normalized spacial score (nSPS) is 11.2. The van der Waals surface area contributed by atoms with Crippen LogP contribution in [0.4, 0.5) is 18.0 Å². The molecular formula is C8H7ClF3N3O. The maximum atomic E-state index is 12.2. The Morgan fingerprint density at radius 3 is 2.62 bits per heavy atom. The van der Waals surface area contributed by atoms with Gasteiger partial charge in [0.05, 0.1) is 22.8 Å². The molecule has 88 valence electrons. The van der Waals surface area contributed by atoms with E-state index in [1.165, 1.54) is 0 Å². The van der Waals surface area contributed by atoms with Gasteiger partial charge in [0.2, 0.25) is 0 Å². The first-order chi connectivity index (χ1) is 7.30. The first-order valence-electron chi connectivity index (χ1n) is 4.05. The van der Waals surface area contributed by atoms with Crippen molar-refractivity contribution in [3.63, 3.8) is 0 Å². The number of hydrogen-bond donors (Lipinski definition) is 2. The van der Waals surface area contributed by atoms with Gasteiger partial charge in [0.25, 0.3) is 0 Å². The van der Waals surface area contributed by atoms with E-state index >= 15 is 0 Å². The molecule has 0 atom stereocenters. The van der Waals surface area contributed by atoms with Gasteiger partial charge in [-0.3, -0.25) is 4.98 Å². The third-order valence-corrected chi connectivity index (χ3v) is 2.00. The van der Waals surface area contributed by atoms with E-state index in [9.17, 15) is 18.0 Å². The second-order valence-corrected chi connectivity index (χ2v) is 3.28. The molecular weight excluding hydrogens is 247 g/mol. The first kappa shape index (κ1) is 12.6. The Hall–Kier alpha value is -1.50. The fraction of sp³-hybridized carbons (Fsp3) is 0.250. The molecule has 0 radical (unpaired) electrons. The quantitative estimate of drug-likeness (QED) is 0.845. The lowest BCUT2D eigenvalue weighted by atomic mass is 10.2. The minimum Gasteiger partial charge on any atom is -0.352 e. The van der Waals surface area contributed by atoms with E-state index in [0.29, 0.717) is 6.20 Å². The number of nitrogens with zero attached hydrogens (tertiary/aromatic N) is 1. The number of nitrogens with two attached hydrogens (primary N) is 1. The molecule has 0 unspecified atom stereocenters. The van der Waals surface area contributed by atoms with Crippen molar-refractivity contribution in [1.29, 1.82) is 0 Å². The van der Waals surface area contributed by atoms with Crippen molar-refractivity contribution >= 4 is 17.6 Å².